The Morgan fingerprint density at radius 1 is 1.44 bits per heavy atom. The molecule has 18 heavy (non-hydrogen) atoms. The van der Waals surface area contributed by atoms with Crippen LogP contribution >= 0.6 is 0 Å². The van der Waals surface area contributed by atoms with Crippen molar-refractivity contribution in [3.8, 4) is 0 Å². The van der Waals surface area contributed by atoms with Gasteiger partial charge in [-0.1, -0.05) is 0 Å². The summed E-state index contributed by atoms with van der Waals surface area (Å²) in [5.41, 5.74) is 7.48. The third kappa shape index (κ3) is 3.48. The van der Waals surface area contributed by atoms with Crippen LogP contribution in [0.5, 0.6) is 0 Å². The maximum Gasteiger partial charge on any atom is 0.328 e. The Hall–Kier alpha value is -2.04. The van der Waals surface area contributed by atoms with E-state index in [0.29, 0.717) is 17.9 Å². The van der Waals surface area contributed by atoms with Gasteiger partial charge >= 0.3 is 5.97 Å². The fraction of sp³-hybridized carbons (Fsp3) is 0.385. The van der Waals surface area contributed by atoms with Crippen molar-refractivity contribution in [3.05, 3.63) is 29.3 Å². The summed E-state index contributed by atoms with van der Waals surface area (Å²) in [6, 6.07) is 4.33. The van der Waals surface area contributed by atoms with Gasteiger partial charge in [0.25, 0.3) is 5.91 Å². The zero-order chi connectivity index (χ0) is 13.7. The molecule has 1 aromatic carbocycles. The van der Waals surface area contributed by atoms with E-state index in [-0.39, 0.29) is 5.91 Å². The molecule has 1 amide bonds. The highest BCUT2D eigenvalue weighted by atomic mass is 16.5. The zero-order valence-electron chi connectivity index (χ0n) is 10.8. The minimum atomic E-state index is -0.672. The molecule has 5 nitrogen and oxygen atoms in total. The van der Waals surface area contributed by atoms with E-state index in [9.17, 15) is 9.59 Å². The van der Waals surface area contributed by atoms with Crippen LogP contribution in [0, 0.1) is 6.92 Å². The summed E-state index contributed by atoms with van der Waals surface area (Å²) < 4.78 is 4.82. The second-order valence-corrected chi connectivity index (χ2v) is 4.02. The second kappa shape index (κ2) is 6.05. The van der Waals surface area contributed by atoms with Crippen molar-refractivity contribution in [2.75, 3.05) is 12.3 Å². The maximum atomic E-state index is 11.9. The lowest BCUT2D eigenvalue weighted by Crippen LogP contribution is -2.39. The van der Waals surface area contributed by atoms with E-state index >= 15 is 0 Å². The molecule has 0 radical (unpaired) electrons. The van der Waals surface area contributed by atoms with Gasteiger partial charge in [-0.25, -0.2) is 4.79 Å². The topological polar surface area (TPSA) is 81.4 Å². The number of carbonyl (C=O) groups is 2. The molecule has 3 N–H and O–H groups in total. The normalized spacial score (nSPS) is 11.7. The highest BCUT2D eigenvalue weighted by Crippen LogP contribution is 2.12. The van der Waals surface area contributed by atoms with Crippen LogP contribution in [0.3, 0.4) is 0 Å². The van der Waals surface area contributed by atoms with Gasteiger partial charge in [0.2, 0.25) is 0 Å². The van der Waals surface area contributed by atoms with Gasteiger partial charge in [-0.3, -0.25) is 4.79 Å². The number of anilines is 1. The zero-order valence-corrected chi connectivity index (χ0v) is 10.8. The summed E-state index contributed by atoms with van der Waals surface area (Å²) >= 11 is 0. The lowest BCUT2D eigenvalue weighted by Gasteiger charge is -2.13. The Labute approximate surface area is 106 Å². The van der Waals surface area contributed by atoms with Crippen LogP contribution in [0.25, 0.3) is 0 Å². The molecule has 5 heteroatoms. The summed E-state index contributed by atoms with van der Waals surface area (Å²) in [4.78, 5) is 23.3. The van der Waals surface area contributed by atoms with Crippen LogP contribution in [0.4, 0.5) is 5.69 Å². The van der Waals surface area contributed by atoms with E-state index in [4.69, 9.17) is 10.5 Å². The van der Waals surface area contributed by atoms with Crippen LogP contribution in [0.1, 0.15) is 29.8 Å². The molecule has 0 spiro atoms. The average Bonchev–Trinajstić information content (AvgIpc) is 2.28. The van der Waals surface area contributed by atoms with Crippen molar-refractivity contribution < 1.29 is 14.3 Å². The standard InChI is InChI=1S/C13H18N2O3/c1-4-18-13(17)9(3)15-12(16)11-6-5-10(14)7-8(11)2/h5-7,9H,4,14H2,1-3H3,(H,15,16). The molecule has 1 aromatic rings. The first-order chi connectivity index (χ1) is 8.45. The van der Waals surface area contributed by atoms with Crippen LogP contribution < -0.4 is 11.1 Å². The molecule has 0 saturated carbocycles. The minimum Gasteiger partial charge on any atom is -0.464 e. The van der Waals surface area contributed by atoms with Gasteiger partial charge in [0.1, 0.15) is 6.04 Å². The van der Waals surface area contributed by atoms with Crippen molar-refractivity contribution >= 4 is 17.6 Å². The number of benzene rings is 1. The molecule has 98 valence electrons. The van der Waals surface area contributed by atoms with Crippen molar-refractivity contribution in [2.24, 2.45) is 0 Å². The summed E-state index contributed by atoms with van der Waals surface area (Å²) in [5, 5.41) is 2.59. The number of ether oxygens (including phenoxy) is 1. The smallest absolute Gasteiger partial charge is 0.328 e. The summed E-state index contributed by atoms with van der Waals surface area (Å²) in [7, 11) is 0. The number of nitrogens with two attached hydrogens (primary N) is 1. The Kier molecular flexibility index (Phi) is 4.71. The first-order valence-electron chi connectivity index (χ1n) is 5.79. The second-order valence-electron chi connectivity index (χ2n) is 4.02. The fourth-order valence-corrected chi connectivity index (χ4v) is 1.54. The highest BCUT2D eigenvalue weighted by molar-refractivity contribution is 5.98. The number of carbonyl (C=O) groups excluding carboxylic acids is 2. The van der Waals surface area contributed by atoms with E-state index in [1.165, 1.54) is 0 Å². The third-order valence-corrected chi connectivity index (χ3v) is 2.48. The summed E-state index contributed by atoms with van der Waals surface area (Å²) in [6.45, 7) is 5.39. The molecule has 1 rings (SSSR count). The number of rotatable bonds is 4. The Bertz CT molecular complexity index is 458. The first-order valence-corrected chi connectivity index (χ1v) is 5.79. The van der Waals surface area contributed by atoms with Gasteiger partial charge in [-0.05, 0) is 44.5 Å². The molecule has 0 aliphatic heterocycles. The van der Waals surface area contributed by atoms with Crippen molar-refractivity contribution in [1.29, 1.82) is 0 Å². The number of esters is 1. The van der Waals surface area contributed by atoms with Gasteiger partial charge in [-0.15, -0.1) is 0 Å². The van der Waals surface area contributed by atoms with Crippen LogP contribution in [-0.2, 0) is 9.53 Å². The quantitative estimate of drug-likeness (QED) is 0.622. The molecule has 1 atom stereocenters. The van der Waals surface area contributed by atoms with Gasteiger partial charge in [0.05, 0.1) is 6.61 Å². The van der Waals surface area contributed by atoms with E-state index < -0.39 is 12.0 Å². The molecule has 0 aliphatic rings. The van der Waals surface area contributed by atoms with E-state index in [1.54, 1.807) is 39.0 Å². The SMILES string of the molecule is CCOC(=O)C(C)NC(=O)c1ccc(N)cc1C. The molecular formula is C13H18N2O3. The molecule has 0 fully saturated rings. The molecule has 0 saturated heterocycles. The van der Waals surface area contributed by atoms with Gasteiger partial charge in [0.15, 0.2) is 0 Å². The van der Waals surface area contributed by atoms with Crippen LogP contribution in [0.2, 0.25) is 0 Å². The van der Waals surface area contributed by atoms with Gasteiger partial charge in [0, 0.05) is 11.3 Å². The number of hydrogen-bond donors (Lipinski definition) is 2. The van der Waals surface area contributed by atoms with E-state index in [0.717, 1.165) is 5.56 Å². The lowest BCUT2D eigenvalue weighted by atomic mass is 10.1. The minimum absolute atomic E-state index is 0.292. The number of nitrogens with one attached hydrogen (secondary N) is 1. The molecule has 0 heterocycles. The molecule has 0 bridgehead atoms. The number of nitrogen functional groups attached to an aromatic ring is 1. The molecule has 0 aliphatic carbocycles. The first kappa shape index (κ1) is 14.0. The largest absolute Gasteiger partial charge is 0.464 e. The van der Waals surface area contributed by atoms with Gasteiger partial charge in [-0.2, -0.15) is 0 Å². The third-order valence-electron chi connectivity index (χ3n) is 2.48. The van der Waals surface area contributed by atoms with Gasteiger partial charge < -0.3 is 15.8 Å². The highest BCUT2D eigenvalue weighted by Gasteiger charge is 2.18. The van der Waals surface area contributed by atoms with Crippen molar-refractivity contribution in [3.63, 3.8) is 0 Å². The lowest BCUT2D eigenvalue weighted by molar-refractivity contribution is -0.144. The Morgan fingerprint density at radius 3 is 2.67 bits per heavy atom. The molecular weight excluding hydrogens is 232 g/mol. The van der Waals surface area contributed by atoms with Crippen LogP contribution in [-0.4, -0.2) is 24.5 Å². The maximum absolute atomic E-state index is 11.9. The number of amides is 1. The van der Waals surface area contributed by atoms with E-state index in [1.807, 2.05) is 0 Å². The predicted molar refractivity (Wildman–Crippen MR) is 69.2 cm³/mol. The van der Waals surface area contributed by atoms with Crippen molar-refractivity contribution in [2.45, 2.75) is 26.8 Å². The van der Waals surface area contributed by atoms with E-state index in [2.05, 4.69) is 5.32 Å². The molecule has 1 unspecified atom stereocenters. The average molecular weight is 250 g/mol. The summed E-state index contributed by atoms with van der Waals surface area (Å²) in [6.07, 6.45) is 0. The number of aryl methyl sites for hydroxylation is 1. The Morgan fingerprint density at radius 2 is 2.11 bits per heavy atom. The number of hydrogen-bond acceptors (Lipinski definition) is 4. The Balaban J connectivity index is 2.73. The van der Waals surface area contributed by atoms with Crippen LogP contribution in [0.15, 0.2) is 18.2 Å². The summed E-state index contributed by atoms with van der Waals surface area (Å²) in [5.74, 6) is -0.757. The molecule has 0 aromatic heterocycles. The monoisotopic (exact) mass is 250 g/mol. The predicted octanol–water partition coefficient (Wildman–Crippen LogP) is 1.26. The fourth-order valence-electron chi connectivity index (χ4n) is 1.54. The van der Waals surface area contributed by atoms with Crippen molar-refractivity contribution in [1.82, 2.24) is 5.32 Å².